The van der Waals surface area contributed by atoms with E-state index in [0.29, 0.717) is 6.04 Å². The van der Waals surface area contributed by atoms with Crippen molar-refractivity contribution in [1.29, 1.82) is 0 Å². The van der Waals surface area contributed by atoms with Gasteiger partial charge < -0.3 is 5.32 Å². The van der Waals surface area contributed by atoms with Crippen LogP contribution >= 0.6 is 11.6 Å². The first kappa shape index (κ1) is 15.5. The van der Waals surface area contributed by atoms with Crippen LogP contribution in [0.25, 0.3) is 0 Å². The van der Waals surface area contributed by atoms with Gasteiger partial charge in [-0.1, -0.05) is 51.4 Å². The van der Waals surface area contributed by atoms with Crippen LogP contribution in [-0.2, 0) is 6.42 Å². The first-order chi connectivity index (χ1) is 8.36. The molecule has 0 bridgehead atoms. The Hall–Kier alpha value is -0.600. The van der Waals surface area contributed by atoms with Crippen molar-refractivity contribution in [3.8, 4) is 0 Å². The molecule has 0 saturated carbocycles. The first-order valence-electron chi connectivity index (χ1n) is 6.52. The summed E-state index contributed by atoms with van der Waals surface area (Å²) < 4.78 is 13.3. The molecule has 1 N–H and O–H groups in total. The fraction of sp³-hybridized carbons (Fsp3) is 0.600. The van der Waals surface area contributed by atoms with Crippen molar-refractivity contribution in [2.45, 2.75) is 46.6 Å². The van der Waals surface area contributed by atoms with E-state index in [4.69, 9.17) is 11.6 Å². The normalized spacial score (nSPS) is 13.7. The Bertz CT molecular complexity index is 385. The molecule has 0 saturated heterocycles. The van der Waals surface area contributed by atoms with Gasteiger partial charge in [-0.05, 0) is 36.4 Å². The highest BCUT2D eigenvalue weighted by Crippen LogP contribution is 2.26. The molecular formula is C15H23ClFN. The van der Waals surface area contributed by atoms with E-state index in [9.17, 15) is 4.39 Å². The minimum absolute atomic E-state index is 0.190. The van der Waals surface area contributed by atoms with Crippen molar-refractivity contribution in [3.05, 3.63) is 34.6 Å². The Labute approximate surface area is 115 Å². The highest BCUT2D eigenvalue weighted by molar-refractivity contribution is 6.31. The Morgan fingerprint density at radius 2 is 2.00 bits per heavy atom. The van der Waals surface area contributed by atoms with Gasteiger partial charge in [0.15, 0.2) is 0 Å². The lowest BCUT2D eigenvalue weighted by Crippen LogP contribution is -2.40. The fourth-order valence-electron chi connectivity index (χ4n) is 2.13. The van der Waals surface area contributed by atoms with Gasteiger partial charge in [-0.15, -0.1) is 0 Å². The quantitative estimate of drug-likeness (QED) is 0.835. The first-order valence-corrected chi connectivity index (χ1v) is 6.90. The molecule has 0 aliphatic rings. The summed E-state index contributed by atoms with van der Waals surface area (Å²) in [6, 6.07) is 5.42. The summed E-state index contributed by atoms with van der Waals surface area (Å²) >= 11 is 5.97. The molecule has 0 amide bonds. The zero-order chi connectivity index (χ0) is 13.8. The number of hydrogen-bond donors (Lipinski definition) is 1. The van der Waals surface area contributed by atoms with E-state index in [2.05, 4.69) is 33.0 Å². The molecule has 0 fully saturated rings. The third-order valence-electron chi connectivity index (χ3n) is 3.23. The molecule has 0 aliphatic carbocycles. The molecule has 0 spiro atoms. The topological polar surface area (TPSA) is 12.0 Å². The summed E-state index contributed by atoms with van der Waals surface area (Å²) in [5.74, 6) is -0.329. The highest BCUT2D eigenvalue weighted by atomic mass is 35.5. The highest BCUT2D eigenvalue weighted by Gasteiger charge is 2.23. The molecule has 0 aromatic heterocycles. The summed E-state index contributed by atoms with van der Waals surface area (Å²) in [5, 5.41) is 3.76. The van der Waals surface area contributed by atoms with Crippen molar-refractivity contribution in [2.24, 2.45) is 5.41 Å². The van der Waals surface area contributed by atoms with E-state index in [1.165, 1.54) is 6.07 Å². The van der Waals surface area contributed by atoms with Crippen molar-refractivity contribution < 1.29 is 4.39 Å². The number of aryl methyl sites for hydroxylation is 1. The summed E-state index contributed by atoms with van der Waals surface area (Å²) in [7, 11) is 0. The van der Waals surface area contributed by atoms with Crippen LogP contribution in [0.2, 0.25) is 5.02 Å². The number of nitrogens with one attached hydrogen (secondary N) is 1. The van der Waals surface area contributed by atoms with Gasteiger partial charge in [-0.2, -0.15) is 0 Å². The lowest BCUT2D eigenvalue weighted by molar-refractivity contribution is 0.258. The molecule has 1 atom stereocenters. The van der Waals surface area contributed by atoms with Crippen LogP contribution in [0.4, 0.5) is 4.39 Å². The molecular weight excluding hydrogens is 249 g/mol. The van der Waals surface area contributed by atoms with Gasteiger partial charge >= 0.3 is 0 Å². The standard InChI is InChI=1S/C15H23ClFN/c1-5-18-13(15(2,3)4)10-9-11-7-6-8-12(17)14(11)16/h6-8,13,18H,5,9-10H2,1-4H3. The van der Waals surface area contributed by atoms with E-state index >= 15 is 0 Å². The van der Waals surface area contributed by atoms with Crippen molar-refractivity contribution >= 4 is 11.6 Å². The average Bonchev–Trinajstić information content (AvgIpc) is 2.28. The van der Waals surface area contributed by atoms with Crippen LogP contribution < -0.4 is 5.32 Å². The van der Waals surface area contributed by atoms with Crippen LogP contribution in [-0.4, -0.2) is 12.6 Å². The van der Waals surface area contributed by atoms with Crippen LogP contribution in [0.3, 0.4) is 0 Å². The van der Waals surface area contributed by atoms with Gasteiger partial charge in [0, 0.05) is 6.04 Å². The second kappa shape index (κ2) is 6.53. The molecule has 1 rings (SSSR count). The van der Waals surface area contributed by atoms with Gasteiger partial charge in [0.1, 0.15) is 5.82 Å². The minimum Gasteiger partial charge on any atom is -0.314 e. The smallest absolute Gasteiger partial charge is 0.142 e. The Balaban J connectivity index is 2.70. The Morgan fingerprint density at radius 3 is 2.56 bits per heavy atom. The second-order valence-electron chi connectivity index (χ2n) is 5.73. The fourth-order valence-corrected chi connectivity index (χ4v) is 2.35. The minimum atomic E-state index is -0.329. The lowest BCUT2D eigenvalue weighted by atomic mass is 9.83. The third-order valence-corrected chi connectivity index (χ3v) is 3.65. The van der Waals surface area contributed by atoms with Crippen LogP contribution in [0, 0.1) is 11.2 Å². The predicted molar refractivity (Wildman–Crippen MR) is 76.7 cm³/mol. The Morgan fingerprint density at radius 1 is 1.33 bits per heavy atom. The number of hydrogen-bond acceptors (Lipinski definition) is 1. The van der Waals surface area contributed by atoms with Gasteiger partial charge in [0.05, 0.1) is 5.02 Å². The van der Waals surface area contributed by atoms with Gasteiger partial charge in [0.25, 0.3) is 0 Å². The zero-order valence-electron chi connectivity index (χ0n) is 11.7. The maximum Gasteiger partial charge on any atom is 0.142 e. The number of rotatable bonds is 5. The SMILES string of the molecule is CCNC(CCc1cccc(F)c1Cl)C(C)(C)C. The summed E-state index contributed by atoms with van der Waals surface area (Å²) in [6.45, 7) is 9.70. The predicted octanol–water partition coefficient (Wildman–Crippen LogP) is 4.44. The maximum absolute atomic E-state index is 13.3. The second-order valence-corrected chi connectivity index (χ2v) is 6.11. The Kier molecular flexibility index (Phi) is 5.61. The molecule has 1 aromatic rings. The van der Waals surface area contributed by atoms with E-state index in [-0.39, 0.29) is 16.3 Å². The van der Waals surface area contributed by atoms with Crippen LogP contribution in [0.1, 0.15) is 39.7 Å². The third kappa shape index (κ3) is 4.25. The molecule has 3 heteroatoms. The monoisotopic (exact) mass is 271 g/mol. The van der Waals surface area contributed by atoms with Crippen molar-refractivity contribution in [1.82, 2.24) is 5.32 Å². The molecule has 1 unspecified atom stereocenters. The summed E-state index contributed by atoms with van der Waals surface area (Å²) in [5.41, 5.74) is 1.08. The number of benzene rings is 1. The molecule has 0 aliphatic heterocycles. The van der Waals surface area contributed by atoms with Gasteiger partial charge in [0.2, 0.25) is 0 Å². The summed E-state index contributed by atoms with van der Waals surface area (Å²) in [4.78, 5) is 0. The average molecular weight is 272 g/mol. The van der Waals surface area contributed by atoms with E-state index < -0.39 is 0 Å². The van der Waals surface area contributed by atoms with Gasteiger partial charge in [-0.3, -0.25) is 0 Å². The van der Waals surface area contributed by atoms with Crippen LogP contribution in [0.15, 0.2) is 18.2 Å². The van der Waals surface area contributed by atoms with Gasteiger partial charge in [-0.25, -0.2) is 4.39 Å². The molecule has 0 heterocycles. The number of halogens is 2. The van der Waals surface area contributed by atoms with E-state index in [1.807, 2.05) is 6.07 Å². The maximum atomic E-state index is 13.3. The van der Waals surface area contributed by atoms with E-state index in [0.717, 1.165) is 24.9 Å². The molecule has 1 aromatic carbocycles. The summed E-state index contributed by atoms with van der Waals surface area (Å²) in [6.07, 6.45) is 1.76. The molecule has 0 radical (unpaired) electrons. The molecule has 102 valence electrons. The molecule has 18 heavy (non-hydrogen) atoms. The van der Waals surface area contributed by atoms with Crippen LogP contribution in [0.5, 0.6) is 0 Å². The van der Waals surface area contributed by atoms with E-state index in [1.54, 1.807) is 6.07 Å². The zero-order valence-corrected chi connectivity index (χ0v) is 12.4. The van der Waals surface area contributed by atoms with Crippen molar-refractivity contribution in [3.63, 3.8) is 0 Å². The lowest BCUT2D eigenvalue weighted by Gasteiger charge is -2.31. The molecule has 1 nitrogen and oxygen atoms in total. The van der Waals surface area contributed by atoms with Crippen molar-refractivity contribution in [2.75, 3.05) is 6.54 Å². The largest absolute Gasteiger partial charge is 0.314 e.